The number of rotatable bonds is 4. The van der Waals surface area contributed by atoms with Crippen LogP contribution in [-0.4, -0.2) is 23.6 Å². The zero-order valence-corrected chi connectivity index (χ0v) is 7.40. The summed E-state index contributed by atoms with van der Waals surface area (Å²) in [6.07, 6.45) is 3.10. The van der Waals surface area contributed by atoms with Crippen LogP contribution in [0.3, 0.4) is 0 Å². The molecule has 72 valence electrons. The fraction of sp³-hybridized carbons (Fsp3) is 0.500. The van der Waals surface area contributed by atoms with Gasteiger partial charge in [-0.15, -0.1) is 0 Å². The molecule has 0 aliphatic carbocycles. The van der Waals surface area contributed by atoms with Crippen LogP contribution in [0.4, 0.5) is 0 Å². The van der Waals surface area contributed by atoms with Crippen LogP contribution in [0.15, 0.2) is 17.1 Å². The number of carbonyl (C=O) groups excluding carboxylic acids is 1. The first-order chi connectivity index (χ1) is 6.24. The summed E-state index contributed by atoms with van der Waals surface area (Å²) in [7, 11) is 0. The van der Waals surface area contributed by atoms with Crippen LogP contribution in [0.25, 0.3) is 0 Å². The summed E-state index contributed by atoms with van der Waals surface area (Å²) >= 11 is 0. The molecule has 13 heavy (non-hydrogen) atoms. The SMILES string of the molecule is CCOC(=O)C(N)Cc1cocn1. The smallest absolute Gasteiger partial charge is 0.323 e. The van der Waals surface area contributed by atoms with Crippen molar-refractivity contribution in [1.82, 2.24) is 4.98 Å². The fourth-order valence-corrected chi connectivity index (χ4v) is 0.896. The predicted molar refractivity (Wildman–Crippen MR) is 44.8 cm³/mol. The number of esters is 1. The molecule has 0 aliphatic heterocycles. The van der Waals surface area contributed by atoms with E-state index in [4.69, 9.17) is 14.9 Å². The van der Waals surface area contributed by atoms with Crippen LogP contribution >= 0.6 is 0 Å². The van der Waals surface area contributed by atoms with E-state index in [1.165, 1.54) is 12.7 Å². The van der Waals surface area contributed by atoms with Gasteiger partial charge in [0, 0.05) is 6.42 Å². The normalized spacial score (nSPS) is 12.5. The molecule has 0 aromatic carbocycles. The third-order valence-electron chi connectivity index (χ3n) is 1.50. The Labute approximate surface area is 75.9 Å². The van der Waals surface area contributed by atoms with E-state index in [2.05, 4.69) is 4.98 Å². The van der Waals surface area contributed by atoms with E-state index in [1.807, 2.05) is 0 Å². The van der Waals surface area contributed by atoms with Gasteiger partial charge in [-0.1, -0.05) is 0 Å². The summed E-state index contributed by atoms with van der Waals surface area (Å²) in [6.45, 7) is 2.08. The minimum absolute atomic E-state index is 0.339. The molecule has 5 heteroatoms. The van der Waals surface area contributed by atoms with Gasteiger partial charge in [0.05, 0.1) is 12.3 Å². The van der Waals surface area contributed by atoms with Crippen molar-refractivity contribution in [2.24, 2.45) is 5.73 Å². The monoisotopic (exact) mass is 184 g/mol. The number of aromatic nitrogens is 1. The van der Waals surface area contributed by atoms with E-state index in [1.54, 1.807) is 6.92 Å². The molecular weight excluding hydrogens is 172 g/mol. The van der Waals surface area contributed by atoms with Gasteiger partial charge in [0.1, 0.15) is 12.3 Å². The zero-order chi connectivity index (χ0) is 9.68. The Kier molecular flexibility index (Phi) is 3.45. The topological polar surface area (TPSA) is 78.4 Å². The van der Waals surface area contributed by atoms with Crippen LogP contribution in [0.2, 0.25) is 0 Å². The van der Waals surface area contributed by atoms with E-state index in [9.17, 15) is 4.79 Å². The molecule has 1 rings (SSSR count). The molecule has 0 fully saturated rings. The van der Waals surface area contributed by atoms with Gasteiger partial charge in [0.15, 0.2) is 6.39 Å². The molecule has 0 saturated heterocycles. The van der Waals surface area contributed by atoms with Gasteiger partial charge in [-0.3, -0.25) is 4.79 Å². The largest absolute Gasteiger partial charge is 0.465 e. The highest BCUT2D eigenvalue weighted by atomic mass is 16.5. The summed E-state index contributed by atoms with van der Waals surface area (Å²) in [6, 6.07) is -0.662. The number of carbonyl (C=O) groups is 1. The lowest BCUT2D eigenvalue weighted by Crippen LogP contribution is -2.34. The first-order valence-electron chi connectivity index (χ1n) is 4.03. The highest BCUT2D eigenvalue weighted by Crippen LogP contribution is 1.99. The van der Waals surface area contributed by atoms with Crippen LogP contribution in [0.5, 0.6) is 0 Å². The van der Waals surface area contributed by atoms with Crippen molar-refractivity contribution < 1.29 is 13.9 Å². The van der Waals surface area contributed by atoms with E-state index in [0.717, 1.165) is 0 Å². The second-order valence-electron chi connectivity index (χ2n) is 2.54. The van der Waals surface area contributed by atoms with Crippen molar-refractivity contribution >= 4 is 5.97 Å². The van der Waals surface area contributed by atoms with Gasteiger partial charge in [0.2, 0.25) is 0 Å². The van der Waals surface area contributed by atoms with Gasteiger partial charge in [-0.2, -0.15) is 0 Å². The Morgan fingerprint density at radius 1 is 1.85 bits per heavy atom. The highest BCUT2D eigenvalue weighted by molar-refractivity contribution is 5.75. The zero-order valence-electron chi connectivity index (χ0n) is 7.40. The number of oxazole rings is 1. The maximum absolute atomic E-state index is 11.1. The number of nitrogens with two attached hydrogens (primary N) is 1. The average Bonchev–Trinajstić information content (AvgIpc) is 2.57. The number of ether oxygens (including phenoxy) is 1. The fourth-order valence-electron chi connectivity index (χ4n) is 0.896. The van der Waals surface area contributed by atoms with Crippen molar-refractivity contribution in [2.45, 2.75) is 19.4 Å². The molecule has 0 amide bonds. The molecule has 5 nitrogen and oxygen atoms in total. The lowest BCUT2D eigenvalue weighted by molar-refractivity contribution is -0.144. The van der Waals surface area contributed by atoms with Gasteiger partial charge < -0.3 is 14.9 Å². The van der Waals surface area contributed by atoms with Crippen molar-refractivity contribution in [3.63, 3.8) is 0 Å². The van der Waals surface area contributed by atoms with E-state index < -0.39 is 12.0 Å². The predicted octanol–water partition coefficient (Wildman–Crippen LogP) is 0.107. The number of nitrogens with zero attached hydrogens (tertiary/aromatic N) is 1. The van der Waals surface area contributed by atoms with Gasteiger partial charge in [-0.05, 0) is 6.92 Å². The van der Waals surface area contributed by atoms with E-state index in [-0.39, 0.29) is 0 Å². The first kappa shape index (κ1) is 9.73. The molecule has 0 bridgehead atoms. The second kappa shape index (κ2) is 4.61. The lowest BCUT2D eigenvalue weighted by atomic mass is 10.2. The third kappa shape index (κ3) is 2.87. The highest BCUT2D eigenvalue weighted by Gasteiger charge is 2.15. The molecule has 0 radical (unpaired) electrons. The van der Waals surface area contributed by atoms with Crippen molar-refractivity contribution in [3.8, 4) is 0 Å². The van der Waals surface area contributed by atoms with E-state index >= 15 is 0 Å². The maximum atomic E-state index is 11.1. The van der Waals surface area contributed by atoms with Crippen LogP contribution in [0.1, 0.15) is 12.6 Å². The summed E-state index contributed by atoms with van der Waals surface area (Å²) < 4.78 is 9.47. The Bertz CT molecular complexity index is 258. The molecule has 1 aromatic rings. The molecule has 1 atom stereocenters. The number of hydrogen-bond acceptors (Lipinski definition) is 5. The summed E-state index contributed by atoms with van der Waals surface area (Å²) in [5.41, 5.74) is 6.19. The summed E-state index contributed by atoms with van der Waals surface area (Å²) in [4.78, 5) is 14.9. The molecular formula is C8H12N2O3. The Morgan fingerprint density at radius 2 is 2.62 bits per heavy atom. The quantitative estimate of drug-likeness (QED) is 0.672. The molecule has 1 aromatic heterocycles. The minimum Gasteiger partial charge on any atom is -0.465 e. The van der Waals surface area contributed by atoms with Crippen molar-refractivity contribution in [3.05, 3.63) is 18.4 Å². The Morgan fingerprint density at radius 3 is 3.15 bits per heavy atom. The Hall–Kier alpha value is -1.36. The lowest BCUT2D eigenvalue weighted by Gasteiger charge is -2.07. The van der Waals surface area contributed by atoms with Crippen LogP contribution in [0, 0.1) is 0 Å². The third-order valence-corrected chi connectivity index (χ3v) is 1.50. The van der Waals surface area contributed by atoms with Gasteiger partial charge in [0.25, 0.3) is 0 Å². The van der Waals surface area contributed by atoms with Crippen molar-refractivity contribution in [2.75, 3.05) is 6.61 Å². The molecule has 0 aliphatic rings. The van der Waals surface area contributed by atoms with Crippen LogP contribution in [-0.2, 0) is 16.0 Å². The standard InChI is InChI=1S/C8H12N2O3/c1-2-13-8(11)7(9)3-6-4-12-5-10-6/h4-5,7H,2-3,9H2,1H3. The number of hydrogen-bond donors (Lipinski definition) is 1. The molecule has 0 spiro atoms. The van der Waals surface area contributed by atoms with Gasteiger partial charge in [-0.25, -0.2) is 4.98 Å². The van der Waals surface area contributed by atoms with E-state index in [0.29, 0.717) is 18.7 Å². The Balaban J connectivity index is 2.41. The molecule has 1 heterocycles. The molecule has 0 saturated carbocycles. The summed E-state index contributed by atoms with van der Waals surface area (Å²) in [5, 5.41) is 0. The first-order valence-corrected chi connectivity index (χ1v) is 4.03. The van der Waals surface area contributed by atoms with Crippen molar-refractivity contribution in [1.29, 1.82) is 0 Å². The van der Waals surface area contributed by atoms with Crippen LogP contribution < -0.4 is 5.73 Å². The second-order valence-corrected chi connectivity index (χ2v) is 2.54. The maximum Gasteiger partial charge on any atom is 0.323 e. The molecule has 1 unspecified atom stereocenters. The van der Waals surface area contributed by atoms with Gasteiger partial charge >= 0.3 is 5.97 Å². The minimum atomic E-state index is -0.662. The summed E-state index contributed by atoms with van der Waals surface area (Å²) in [5.74, 6) is -0.412. The average molecular weight is 184 g/mol. The molecule has 2 N–H and O–H groups in total.